The summed E-state index contributed by atoms with van der Waals surface area (Å²) in [6.45, 7) is 5.41. The first kappa shape index (κ1) is 16.3. The summed E-state index contributed by atoms with van der Waals surface area (Å²) in [5.41, 5.74) is 4.81. The van der Waals surface area contributed by atoms with Crippen molar-refractivity contribution in [1.82, 2.24) is 14.6 Å². The van der Waals surface area contributed by atoms with Crippen LogP contribution in [-0.2, 0) is 4.74 Å². The largest absolute Gasteiger partial charge is 0.497 e. The highest BCUT2D eigenvalue weighted by Crippen LogP contribution is 2.25. The molecule has 0 radical (unpaired) electrons. The van der Waals surface area contributed by atoms with Gasteiger partial charge >= 0.3 is 0 Å². The topological polar surface area (TPSA) is 60.7 Å². The van der Waals surface area contributed by atoms with Crippen LogP contribution < -0.4 is 10.1 Å². The Morgan fingerprint density at radius 3 is 2.54 bits per heavy atom. The third-order valence-electron chi connectivity index (χ3n) is 4.07. The molecule has 126 valence electrons. The number of anilines is 1. The summed E-state index contributed by atoms with van der Waals surface area (Å²) in [5, 5.41) is 8.13. The Hall–Kier alpha value is -2.60. The number of methoxy groups -OCH3 is 2. The van der Waals surface area contributed by atoms with Crippen molar-refractivity contribution in [2.24, 2.45) is 0 Å². The number of ether oxygens (including phenoxy) is 2. The molecule has 1 N–H and O–H groups in total. The van der Waals surface area contributed by atoms with Gasteiger partial charge in [0.05, 0.1) is 19.4 Å². The predicted octanol–water partition coefficient (Wildman–Crippen LogP) is 3.08. The maximum Gasteiger partial charge on any atom is 0.158 e. The Labute approximate surface area is 141 Å². The average molecular weight is 326 g/mol. The van der Waals surface area contributed by atoms with Crippen LogP contribution >= 0.6 is 0 Å². The molecule has 0 saturated carbocycles. The van der Waals surface area contributed by atoms with Gasteiger partial charge in [-0.05, 0) is 38.1 Å². The third-order valence-corrected chi connectivity index (χ3v) is 4.07. The Kier molecular flexibility index (Phi) is 4.66. The molecule has 0 aliphatic rings. The van der Waals surface area contributed by atoms with Crippen molar-refractivity contribution in [3.05, 3.63) is 41.6 Å². The van der Waals surface area contributed by atoms with Crippen LogP contribution in [0.3, 0.4) is 0 Å². The normalized spacial score (nSPS) is 11.0. The van der Waals surface area contributed by atoms with Crippen LogP contribution in [0.1, 0.15) is 11.3 Å². The molecular formula is C18H22N4O2. The smallest absolute Gasteiger partial charge is 0.158 e. The van der Waals surface area contributed by atoms with E-state index in [0.29, 0.717) is 13.2 Å². The van der Waals surface area contributed by atoms with Gasteiger partial charge in [0.2, 0.25) is 0 Å². The number of fused-ring (bicyclic) bond motifs is 1. The monoisotopic (exact) mass is 326 g/mol. The van der Waals surface area contributed by atoms with E-state index in [9.17, 15) is 0 Å². The van der Waals surface area contributed by atoms with Gasteiger partial charge in [-0.25, -0.2) is 4.98 Å². The second-order valence-electron chi connectivity index (χ2n) is 5.62. The Morgan fingerprint density at radius 2 is 1.88 bits per heavy atom. The molecule has 3 rings (SSSR count). The molecule has 3 aromatic rings. The fourth-order valence-electron chi connectivity index (χ4n) is 2.58. The molecule has 6 heteroatoms. The van der Waals surface area contributed by atoms with Crippen LogP contribution in [0.4, 0.5) is 5.82 Å². The third kappa shape index (κ3) is 3.05. The first-order chi connectivity index (χ1) is 11.6. The second kappa shape index (κ2) is 6.88. The molecule has 0 unspecified atom stereocenters. The van der Waals surface area contributed by atoms with Crippen LogP contribution in [0.15, 0.2) is 30.3 Å². The summed E-state index contributed by atoms with van der Waals surface area (Å²) in [6, 6.07) is 9.86. The molecule has 1 aromatic carbocycles. The number of nitrogens with one attached hydrogen (secondary N) is 1. The molecule has 24 heavy (non-hydrogen) atoms. The average Bonchev–Trinajstić information content (AvgIpc) is 3.02. The molecule has 0 bridgehead atoms. The summed E-state index contributed by atoms with van der Waals surface area (Å²) in [5.74, 6) is 1.78. The van der Waals surface area contributed by atoms with E-state index in [2.05, 4.69) is 10.3 Å². The van der Waals surface area contributed by atoms with E-state index in [1.54, 1.807) is 14.2 Å². The zero-order valence-electron chi connectivity index (χ0n) is 14.5. The quantitative estimate of drug-likeness (QED) is 0.705. The molecule has 2 heterocycles. The highest BCUT2D eigenvalue weighted by atomic mass is 16.5. The minimum atomic E-state index is 0.634. The fraction of sp³-hybridized carbons (Fsp3) is 0.333. The van der Waals surface area contributed by atoms with Gasteiger partial charge in [-0.2, -0.15) is 9.61 Å². The highest BCUT2D eigenvalue weighted by molar-refractivity contribution is 5.67. The molecule has 0 atom stereocenters. The van der Waals surface area contributed by atoms with Crippen molar-refractivity contribution >= 4 is 11.5 Å². The van der Waals surface area contributed by atoms with Crippen LogP contribution in [0.5, 0.6) is 5.75 Å². The van der Waals surface area contributed by atoms with Crippen LogP contribution in [0.25, 0.3) is 16.9 Å². The van der Waals surface area contributed by atoms with Crippen LogP contribution in [0.2, 0.25) is 0 Å². The first-order valence-corrected chi connectivity index (χ1v) is 7.88. The Balaban J connectivity index is 2.04. The van der Waals surface area contributed by atoms with E-state index >= 15 is 0 Å². The fourth-order valence-corrected chi connectivity index (χ4v) is 2.58. The summed E-state index contributed by atoms with van der Waals surface area (Å²) in [6.07, 6.45) is 0. The number of nitrogens with zero attached hydrogens (tertiary/aromatic N) is 3. The summed E-state index contributed by atoms with van der Waals surface area (Å²) < 4.78 is 12.2. The van der Waals surface area contributed by atoms with E-state index in [0.717, 1.165) is 39.7 Å². The van der Waals surface area contributed by atoms with Crippen molar-refractivity contribution in [2.45, 2.75) is 13.8 Å². The molecule has 0 amide bonds. The number of aryl methyl sites for hydroxylation is 1. The van der Waals surface area contributed by atoms with Gasteiger partial charge in [-0.15, -0.1) is 0 Å². The Bertz CT molecular complexity index is 840. The van der Waals surface area contributed by atoms with E-state index in [1.165, 1.54) is 0 Å². The van der Waals surface area contributed by atoms with Crippen molar-refractivity contribution < 1.29 is 9.47 Å². The van der Waals surface area contributed by atoms with E-state index in [-0.39, 0.29) is 0 Å². The summed E-state index contributed by atoms with van der Waals surface area (Å²) in [4.78, 5) is 4.65. The zero-order chi connectivity index (χ0) is 17.1. The number of hydrogen-bond acceptors (Lipinski definition) is 5. The maximum absolute atomic E-state index is 5.21. The van der Waals surface area contributed by atoms with Crippen molar-refractivity contribution in [3.8, 4) is 17.0 Å². The van der Waals surface area contributed by atoms with E-state index in [4.69, 9.17) is 14.6 Å². The highest BCUT2D eigenvalue weighted by Gasteiger charge is 2.13. The van der Waals surface area contributed by atoms with Gasteiger partial charge in [0.1, 0.15) is 11.6 Å². The lowest BCUT2D eigenvalue weighted by Crippen LogP contribution is -2.13. The molecule has 0 spiro atoms. The lowest BCUT2D eigenvalue weighted by Gasteiger charge is -2.12. The molecule has 0 aliphatic heterocycles. The standard InChI is InChI=1S/C18H22N4O2/c1-12-13(2)20-17-11-16(14-5-7-15(24-4)8-6-14)21-22(17)18(12)19-9-10-23-3/h5-8,11,19H,9-10H2,1-4H3. The number of rotatable bonds is 6. The first-order valence-electron chi connectivity index (χ1n) is 7.88. The molecule has 6 nitrogen and oxygen atoms in total. The van der Waals surface area contributed by atoms with Gasteiger partial charge < -0.3 is 14.8 Å². The zero-order valence-corrected chi connectivity index (χ0v) is 14.5. The van der Waals surface area contributed by atoms with Gasteiger partial charge in [0.25, 0.3) is 0 Å². The number of hydrogen-bond donors (Lipinski definition) is 1. The minimum Gasteiger partial charge on any atom is -0.497 e. The molecule has 0 aliphatic carbocycles. The van der Waals surface area contributed by atoms with Gasteiger partial charge in [-0.3, -0.25) is 0 Å². The van der Waals surface area contributed by atoms with Crippen molar-refractivity contribution in [1.29, 1.82) is 0 Å². The molecule has 0 fully saturated rings. The molecule has 0 saturated heterocycles. The summed E-state index contributed by atoms with van der Waals surface area (Å²) >= 11 is 0. The minimum absolute atomic E-state index is 0.634. The van der Waals surface area contributed by atoms with Gasteiger partial charge in [-0.1, -0.05) is 0 Å². The lowest BCUT2D eigenvalue weighted by atomic mass is 10.1. The molecule has 2 aromatic heterocycles. The lowest BCUT2D eigenvalue weighted by molar-refractivity contribution is 0.210. The Morgan fingerprint density at radius 1 is 1.12 bits per heavy atom. The van der Waals surface area contributed by atoms with E-state index in [1.807, 2.05) is 48.7 Å². The number of aromatic nitrogens is 3. The SMILES string of the molecule is COCCNc1c(C)c(C)nc2cc(-c3ccc(OC)cc3)nn12. The summed E-state index contributed by atoms with van der Waals surface area (Å²) in [7, 11) is 3.35. The predicted molar refractivity (Wildman–Crippen MR) is 94.8 cm³/mol. The van der Waals surface area contributed by atoms with Crippen molar-refractivity contribution in [3.63, 3.8) is 0 Å². The van der Waals surface area contributed by atoms with Gasteiger partial charge in [0, 0.05) is 36.5 Å². The van der Waals surface area contributed by atoms with Gasteiger partial charge in [0.15, 0.2) is 5.65 Å². The van der Waals surface area contributed by atoms with Crippen molar-refractivity contribution in [2.75, 3.05) is 32.7 Å². The maximum atomic E-state index is 5.21. The van der Waals surface area contributed by atoms with Crippen LogP contribution in [-0.4, -0.2) is 42.0 Å². The van der Waals surface area contributed by atoms with E-state index < -0.39 is 0 Å². The van der Waals surface area contributed by atoms with Crippen LogP contribution in [0, 0.1) is 13.8 Å². The molecular weight excluding hydrogens is 304 g/mol. The second-order valence-corrected chi connectivity index (χ2v) is 5.62. The number of benzene rings is 1.